The van der Waals surface area contributed by atoms with Crippen molar-refractivity contribution in [2.75, 3.05) is 0 Å². The van der Waals surface area contributed by atoms with E-state index in [1.54, 1.807) is 5.57 Å². The first-order valence-corrected chi connectivity index (χ1v) is 11.7. The van der Waals surface area contributed by atoms with E-state index in [2.05, 4.69) is 31.6 Å². The maximum absolute atomic E-state index is 6.85. The van der Waals surface area contributed by atoms with Gasteiger partial charge in [-0.15, -0.1) is 12.3 Å². The lowest BCUT2D eigenvalue weighted by atomic mass is 9.68. The summed E-state index contributed by atoms with van der Waals surface area (Å²) >= 11 is 0. The molecule has 0 aromatic rings. The highest BCUT2D eigenvalue weighted by Crippen LogP contribution is 2.47. The van der Waals surface area contributed by atoms with Crippen molar-refractivity contribution < 1.29 is 4.43 Å². The van der Waals surface area contributed by atoms with Crippen molar-refractivity contribution >= 4 is 8.32 Å². The molecule has 0 bridgehead atoms. The maximum Gasteiger partial charge on any atom is 0.184 e. The lowest BCUT2D eigenvalue weighted by Crippen LogP contribution is -2.51. The van der Waals surface area contributed by atoms with E-state index in [9.17, 15) is 0 Å². The number of hydrogen-bond acceptors (Lipinski definition) is 1. The van der Waals surface area contributed by atoms with Gasteiger partial charge in [0.05, 0.1) is 5.60 Å². The Morgan fingerprint density at radius 3 is 2.70 bits per heavy atom. The fourth-order valence-corrected chi connectivity index (χ4v) is 5.51. The van der Waals surface area contributed by atoms with Crippen LogP contribution in [-0.2, 0) is 4.43 Å². The van der Waals surface area contributed by atoms with Crippen LogP contribution in [0.15, 0.2) is 11.6 Å². The molecule has 0 unspecified atom stereocenters. The van der Waals surface area contributed by atoms with E-state index >= 15 is 0 Å². The molecule has 2 aliphatic rings. The van der Waals surface area contributed by atoms with Crippen molar-refractivity contribution in [1.29, 1.82) is 0 Å². The molecule has 1 nitrogen and oxygen atoms in total. The molecule has 2 heteroatoms. The Balaban J connectivity index is 2.35. The molecular weight excluding hydrogens is 260 g/mol. The summed E-state index contributed by atoms with van der Waals surface area (Å²) in [5.74, 6) is 3.46. The number of allylic oxidation sites excluding steroid dienone is 1. The van der Waals surface area contributed by atoms with Crippen molar-refractivity contribution in [2.45, 2.75) is 83.0 Å². The average Bonchev–Trinajstić information content (AvgIpc) is 2.41. The molecule has 2 rings (SSSR count). The molecule has 1 saturated carbocycles. The summed E-state index contributed by atoms with van der Waals surface area (Å²) < 4.78 is 6.85. The lowest BCUT2D eigenvalue weighted by Gasteiger charge is -2.49. The molecule has 0 aliphatic heterocycles. The van der Waals surface area contributed by atoms with E-state index in [1.807, 2.05) is 0 Å². The standard InChI is InChI=1S/C18H30OSi/c1-5-11-16-14-9-10-15-18(16,19-20(2,3)4)17-12-7-6-8-13-17/h1,12,16H,6-11,13-15H2,2-4H3/t16-,18+/m0/s1. The van der Waals surface area contributed by atoms with Crippen LogP contribution in [0.5, 0.6) is 0 Å². The van der Waals surface area contributed by atoms with E-state index in [0.29, 0.717) is 5.92 Å². The predicted molar refractivity (Wildman–Crippen MR) is 89.1 cm³/mol. The molecule has 20 heavy (non-hydrogen) atoms. The Kier molecular flexibility index (Phi) is 5.15. The van der Waals surface area contributed by atoms with E-state index in [0.717, 1.165) is 6.42 Å². The minimum Gasteiger partial charge on any atom is -0.408 e. The second-order valence-corrected chi connectivity index (χ2v) is 11.9. The van der Waals surface area contributed by atoms with Crippen LogP contribution < -0.4 is 0 Å². The van der Waals surface area contributed by atoms with Gasteiger partial charge < -0.3 is 4.43 Å². The molecule has 1 fully saturated rings. The SMILES string of the molecule is C#CC[C@H]1CCCC[C@]1(O[Si](C)(C)C)C1=CCCCC1. The fraction of sp³-hybridized carbons (Fsp3) is 0.778. The van der Waals surface area contributed by atoms with Crippen LogP contribution in [-0.4, -0.2) is 13.9 Å². The minimum absolute atomic E-state index is 0.0183. The molecule has 0 aromatic heterocycles. The van der Waals surface area contributed by atoms with Crippen molar-refractivity contribution in [3.05, 3.63) is 11.6 Å². The van der Waals surface area contributed by atoms with Crippen LogP contribution in [0.4, 0.5) is 0 Å². The zero-order valence-corrected chi connectivity index (χ0v) is 14.5. The first-order valence-electron chi connectivity index (χ1n) is 8.31. The molecule has 2 atom stereocenters. The van der Waals surface area contributed by atoms with Gasteiger partial charge in [-0.2, -0.15) is 0 Å². The normalized spacial score (nSPS) is 31.5. The van der Waals surface area contributed by atoms with Crippen LogP contribution in [0.2, 0.25) is 19.6 Å². The smallest absolute Gasteiger partial charge is 0.184 e. The highest BCUT2D eigenvalue weighted by molar-refractivity contribution is 6.69. The Morgan fingerprint density at radius 2 is 2.10 bits per heavy atom. The third-order valence-electron chi connectivity index (χ3n) is 4.70. The average molecular weight is 291 g/mol. The monoisotopic (exact) mass is 290 g/mol. The van der Waals surface area contributed by atoms with E-state index in [-0.39, 0.29) is 5.60 Å². The first kappa shape index (κ1) is 15.9. The van der Waals surface area contributed by atoms with Crippen molar-refractivity contribution in [1.82, 2.24) is 0 Å². The second-order valence-electron chi connectivity index (χ2n) is 7.43. The lowest BCUT2D eigenvalue weighted by molar-refractivity contribution is -0.000207. The van der Waals surface area contributed by atoms with Gasteiger partial charge >= 0.3 is 0 Å². The Hall–Kier alpha value is -0.523. The van der Waals surface area contributed by atoms with Gasteiger partial charge in [0.15, 0.2) is 8.32 Å². The Bertz CT molecular complexity index is 399. The molecule has 0 heterocycles. The Morgan fingerprint density at radius 1 is 1.30 bits per heavy atom. The third-order valence-corrected chi connectivity index (χ3v) is 5.67. The van der Waals surface area contributed by atoms with Gasteiger partial charge in [-0.05, 0) is 63.7 Å². The van der Waals surface area contributed by atoms with Crippen molar-refractivity contribution in [2.24, 2.45) is 5.92 Å². The molecule has 0 amide bonds. The van der Waals surface area contributed by atoms with Crippen molar-refractivity contribution in [3.8, 4) is 12.3 Å². The number of hydrogen-bond donors (Lipinski definition) is 0. The van der Waals surface area contributed by atoms with Crippen LogP contribution in [0, 0.1) is 18.3 Å². The summed E-state index contributed by atoms with van der Waals surface area (Å²) in [4.78, 5) is 0. The predicted octanol–water partition coefficient (Wildman–Crippen LogP) is 5.29. The molecule has 2 aliphatic carbocycles. The molecule has 0 saturated heterocycles. The quantitative estimate of drug-likeness (QED) is 0.388. The van der Waals surface area contributed by atoms with E-state index < -0.39 is 8.32 Å². The van der Waals surface area contributed by atoms with Crippen LogP contribution in [0.25, 0.3) is 0 Å². The summed E-state index contributed by atoms with van der Waals surface area (Å²) in [6.45, 7) is 6.96. The third kappa shape index (κ3) is 3.57. The number of terminal acetylenes is 1. The molecule has 112 valence electrons. The van der Waals surface area contributed by atoms with Gasteiger partial charge in [-0.3, -0.25) is 0 Å². The van der Waals surface area contributed by atoms with Crippen molar-refractivity contribution in [3.63, 3.8) is 0 Å². The first-order chi connectivity index (χ1) is 9.48. The topological polar surface area (TPSA) is 9.23 Å². The van der Waals surface area contributed by atoms with Gasteiger partial charge in [0.25, 0.3) is 0 Å². The molecule has 0 N–H and O–H groups in total. The summed E-state index contributed by atoms with van der Waals surface area (Å²) in [5.41, 5.74) is 1.57. The molecular formula is C18H30OSi. The fourth-order valence-electron chi connectivity index (χ4n) is 4.02. The van der Waals surface area contributed by atoms with Crippen LogP contribution in [0.1, 0.15) is 57.8 Å². The largest absolute Gasteiger partial charge is 0.408 e. The maximum atomic E-state index is 6.85. The zero-order chi connectivity index (χ0) is 14.6. The summed E-state index contributed by atoms with van der Waals surface area (Å²) in [6.07, 6.45) is 19.2. The van der Waals surface area contributed by atoms with E-state index in [1.165, 1.54) is 51.4 Å². The molecule has 0 radical (unpaired) electrons. The van der Waals surface area contributed by atoms with E-state index in [4.69, 9.17) is 10.8 Å². The summed E-state index contributed by atoms with van der Waals surface area (Å²) in [5, 5.41) is 0. The highest BCUT2D eigenvalue weighted by Gasteiger charge is 2.46. The minimum atomic E-state index is -1.58. The van der Waals surface area contributed by atoms with Gasteiger partial charge in [0, 0.05) is 12.3 Å². The highest BCUT2D eigenvalue weighted by atomic mass is 28.4. The summed E-state index contributed by atoms with van der Waals surface area (Å²) in [7, 11) is -1.58. The van der Waals surface area contributed by atoms with Crippen LogP contribution in [0.3, 0.4) is 0 Å². The second kappa shape index (κ2) is 6.50. The summed E-state index contributed by atoms with van der Waals surface area (Å²) in [6, 6.07) is 0. The zero-order valence-electron chi connectivity index (χ0n) is 13.5. The van der Waals surface area contributed by atoms with Gasteiger partial charge in [-0.1, -0.05) is 18.9 Å². The Labute approximate surface area is 126 Å². The number of rotatable bonds is 4. The van der Waals surface area contributed by atoms with Gasteiger partial charge in [0.2, 0.25) is 0 Å². The van der Waals surface area contributed by atoms with Crippen LogP contribution >= 0.6 is 0 Å². The molecule has 0 aromatic carbocycles. The van der Waals surface area contributed by atoms with Gasteiger partial charge in [-0.25, -0.2) is 0 Å². The molecule has 0 spiro atoms. The van der Waals surface area contributed by atoms with Gasteiger partial charge in [0.1, 0.15) is 0 Å².